The molecule has 3 N–H and O–H groups in total. The predicted molar refractivity (Wildman–Crippen MR) is 112 cm³/mol. The summed E-state index contributed by atoms with van der Waals surface area (Å²) in [6.07, 6.45) is 1.34. The van der Waals surface area contributed by atoms with Crippen LogP contribution in [0, 0.1) is 0 Å². The van der Waals surface area contributed by atoms with Gasteiger partial charge >= 0.3 is 0 Å². The third-order valence-electron chi connectivity index (χ3n) is 3.18. The van der Waals surface area contributed by atoms with E-state index in [1.165, 1.54) is 0 Å². The summed E-state index contributed by atoms with van der Waals surface area (Å²) in [5.41, 5.74) is 0.915. The SMILES string of the molecule is CCCNC(=O)CCNC(=NCc1cc(Cl)c(Cl)n1C)NCC.I. The molecule has 0 aliphatic heterocycles. The van der Waals surface area contributed by atoms with E-state index in [4.69, 9.17) is 23.2 Å². The lowest BCUT2D eigenvalue weighted by molar-refractivity contribution is -0.120. The smallest absolute Gasteiger partial charge is 0.221 e. The molecule has 1 aromatic rings. The number of hydrogen-bond acceptors (Lipinski definition) is 2. The molecule has 24 heavy (non-hydrogen) atoms. The van der Waals surface area contributed by atoms with Crippen LogP contribution in [0.15, 0.2) is 11.1 Å². The fraction of sp³-hybridized carbons (Fsp3) is 0.600. The summed E-state index contributed by atoms with van der Waals surface area (Å²) in [6.45, 7) is 6.43. The van der Waals surface area contributed by atoms with Crippen LogP contribution in [0.4, 0.5) is 0 Å². The maximum absolute atomic E-state index is 11.6. The first-order valence-electron chi connectivity index (χ1n) is 7.78. The second-order valence-electron chi connectivity index (χ2n) is 5.06. The molecule has 0 unspecified atom stereocenters. The van der Waals surface area contributed by atoms with Crippen molar-refractivity contribution in [2.45, 2.75) is 33.2 Å². The van der Waals surface area contributed by atoms with Crippen LogP contribution in [0.3, 0.4) is 0 Å². The highest BCUT2D eigenvalue weighted by atomic mass is 127. The molecule has 0 atom stereocenters. The number of aromatic nitrogens is 1. The van der Waals surface area contributed by atoms with E-state index < -0.39 is 0 Å². The summed E-state index contributed by atoms with van der Waals surface area (Å²) < 4.78 is 1.80. The van der Waals surface area contributed by atoms with Gasteiger partial charge in [0, 0.05) is 38.8 Å². The zero-order chi connectivity index (χ0) is 17.2. The number of amides is 1. The molecule has 0 saturated carbocycles. The zero-order valence-corrected chi connectivity index (χ0v) is 18.1. The van der Waals surface area contributed by atoms with Gasteiger partial charge in [0.15, 0.2) is 5.96 Å². The molecular formula is C15H26Cl2IN5O. The molecule has 6 nitrogen and oxygen atoms in total. The van der Waals surface area contributed by atoms with Gasteiger partial charge in [-0.2, -0.15) is 0 Å². The Bertz CT molecular complexity index is 548. The van der Waals surface area contributed by atoms with Crippen LogP contribution in [-0.2, 0) is 18.4 Å². The highest BCUT2D eigenvalue weighted by Gasteiger charge is 2.08. The van der Waals surface area contributed by atoms with Gasteiger partial charge in [0.1, 0.15) is 5.15 Å². The van der Waals surface area contributed by atoms with Crippen molar-refractivity contribution < 1.29 is 4.79 Å². The quantitative estimate of drug-likeness (QED) is 0.298. The van der Waals surface area contributed by atoms with E-state index in [1.54, 1.807) is 10.6 Å². The number of nitrogens with one attached hydrogen (secondary N) is 3. The maximum atomic E-state index is 11.6. The fourth-order valence-corrected chi connectivity index (χ4v) is 2.31. The predicted octanol–water partition coefficient (Wildman–Crippen LogP) is 2.92. The Hall–Kier alpha value is -0.670. The van der Waals surface area contributed by atoms with Gasteiger partial charge in [-0.05, 0) is 19.4 Å². The van der Waals surface area contributed by atoms with Gasteiger partial charge in [-0.1, -0.05) is 30.1 Å². The first kappa shape index (κ1) is 23.3. The third-order valence-corrected chi connectivity index (χ3v) is 4.02. The van der Waals surface area contributed by atoms with Crippen LogP contribution in [0.2, 0.25) is 10.2 Å². The number of nitrogens with zero attached hydrogens (tertiary/aromatic N) is 2. The number of hydrogen-bond donors (Lipinski definition) is 3. The molecule has 0 spiro atoms. The summed E-state index contributed by atoms with van der Waals surface area (Å²) in [7, 11) is 1.84. The molecule has 9 heteroatoms. The minimum atomic E-state index is 0. The van der Waals surface area contributed by atoms with Gasteiger partial charge < -0.3 is 20.5 Å². The Morgan fingerprint density at radius 2 is 1.92 bits per heavy atom. The van der Waals surface area contributed by atoms with Crippen molar-refractivity contribution in [2.75, 3.05) is 19.6 Å². The van der Waals surface area contributed by atoms with E-state index in [-0.39, 0.29) is 29.9 Å². The first-order valence-corrected chi connectivity index (χ1v) is 8.53. The lowest BCUT2D eigenvalue weighted by Crippen LogP contribution is -2.39. The number of carbonyl (C=O) groups is 1. The topological polar surface area (TPSA) is 70.5 Å². The number of halogens is 3. The first-order chi connectivity index (χ1) is 11.0. The molecule has 1 rings (SSSR count). The highest BCUT2D eigenvalue weighted by molar-refractivity contribution is 14.0. The van der Waals surface area contributed by atoms with E-state index in [2.05, 4.69) is 20.9 Å². The van der Waals surface area contributed by atoms with Crippen LogP contribution in [0.1, 0.15) is 32.4 Å². The molecule has 0 fully saturated rings. The number of guanidine groups is 1. The van der Waals surface area contributed by atoms with Gasteiger partial charge in [0.25, 0.3) is 0 Å². The van der Waals surface area contributed by atoms with Crippen LogP contribution in [0.5, 0.6) is 0 Å². The molecule has 0 radical (unpaired) electrons. The third kappa shape index (κ3) is 7.94. The Kier molecular flexibility index (Phi) is 12.3. The van der Waals surface area contributed by atoms with E-state index in [1.807, 2.05) is 20.9 Å². The van der Waals surface area contributed by atoms with Crippen LogP contribution in [0.25, 0.3) is 0 Å². The van der Waals surface area contributed by atoms with Crippen LogP contribution >= 0.6 is 47.2 Å². The van der Waals surface area contributed by atoms with Gasteiger partial charge in [-0.25, -0.2) is 4.99 Å². The summed E-state index contributed by atoms with van der Waals surface area (Å²) in [4.78, 5) is 16.0. The molecule has 1 heterocycles. The van der Waals surface area contributed by atoms with Crippen molar-refractivity contribution >= 4 is 59.0 Å². The molecule has 0 aliphatic rings. The highest BCUT2D eigenvalue weighted by Crippen LogP contribution is 2.25. The average molecular weight is 490 g/mol. The number of carbonyl (C=O) groups excluding carboxylic acids is 1. The Balaban J connectivity index is 0.00000529. The van der Waals surface area contributed by atoms with Gasteiger partial charge in [-0.15, -0.1) is 24.0 Å². The summed E-state index contributed by atoms with van der Waals surface area (Å²) in [5, 5.41) is 10.1. The van der Waals surface area contributed by atoms with Crippen molar-refractivity contribution in [3.63, 3.8) is 0 Å². The minimum absolute atomic E-state index is 0. The lowest BCUT2D eigenvalue weighted by atomic mass is 10.4. The summed E-state index contributed by atoms with van der Waals surface area (Å²) >= 11 is 12.0. The number of rotatable bonds is 8. The molecule has 1 amide bonds. The Morgan fingerprint density at radius 3 is 2.46 bits per heavy atom. The van der Waals surface area contributed by atoms with Crippen molar-refractivity contribution in [1.82, 2.24) is 20.5 Å². The van der Waals surface area contributed by atoms with Crippen molar-refractivity contribution in [2.24, 2.45) is 12.0 Å². The standard InChI is InChI=1S/C15H25Cl2N5O.HI/c1-4-7-19-13(23)6-8-20-15(18-5-2)21-10-11-9-12(16)14(17)22(11)3;/h9H,4-8,10H2,1-3H3,(H,19,23)(H2,18,20,21);1H. The van der Waals surface area contributed by atoms with Gasteiger partial charge in [0.2, 0.25) is 5.91 Å². The van der Waals surface area contributed by atoms with Crippen molar-refractivity contribution in [1.29, 1.82) is 0 Å². The molecular weight excluding hydrogens is 464 g/mol. The zero-order valence-electron chi connectivity index (χ0n) is 14.3. The molecule has 0 bridgehead atoms. The van der Waals surface area contributed by atoms with Gasteiger partial charge in [0.05, 0.1) is 11.6 Å². The summed E-state index contributed by atoms with van der Waals surface area (Å²) in [6, 6.07) is 1.80. The molecule has 0 aromatic carbocycles. The average Bonchev–Trinajstić information content (AvgIpc) is 2.77. The second-order valence-corrected chi connectivity index (χ2v) is 5.82. The van der Waals surface area contributed by atoms with E-state index >= 15 is 0 Å². The normalized spacial score (nSPS) is 11.0. The van der Waals surface area contributed by atoms with E-state index in [9.17, 15) is 4.79 Å². The molecule has 0 saturated heterocycles. The van der Waals surface area contributed by atoms with Crippen LogP contribution in [-0.4, -0.2) is 36.1 Å². The van der Waals surface area contributed by atoms with Crippen molar-refractivity contribution in [3.05, 3.63) is 21.9 Å². The molecule has 138 valence electrons. The Labute approximate surface area is 170 Å². The molecule has 1 aromatic heterocycles. The van der Waals surface area contributed by atoms with E-state index in [0.717, 1.165) is 18.7 Å². The Morgan fingerprint density at radius 1 is 1.21 bits per heavy atom. The largest absolute Gasteiger partial charge is 0.357 e. The maximum Gasteiger partial charge on any atom is 0.221 e. The van der Waals surface area contributed by atoms with Crippen molar-refractivity contribution in [3.8, 4) is 0 Å². The second kappa shape index (κ2) is 12.7. The molecule has 0 aliphatic carbocycles. The van der Waals surface area contributed by atoms with Gasteiger partial charge in [-0.3, -0.25) is 4.79 Å². The number of aliphatic imine (C=N–C) groups is 1. The van der Waals surface area contributed by atoms with E-state index in [0.29, 0.717) is 42.2 Å². The lowest BCUT2D eigenvalue weighted by Gasteiger charge is -2.11. The fourth-order valence-electron chi connectivity index (χ4n) is 1.89. The minimum Gasteiger partial charge on any atom is -0.357 e. The monoisotopic (exact) mass is 489 g/mol. The van der Waals surface area contributed by atoms with Crippen LogP contribution < -0.4 is 16.0 Å². The summed E-state index contributed by atoms with van der Waals surface area (Å²) in [5.74, 6) is 0.695.